The summed E-state index contributed by atoms with van der Waals surface area (Å²) in [5, 5.41) is 5.84. The topological polar surface area (TPSA) is 99.0 Å². The molecule has 1 heterocycles. The van der Waals surface area contributed by atoms with Crippen LogP contribution in [-0.4, -0.2) is 33.1 Å². The molecule has 0 unspecified atom stereocenters. The third-order valence-electron chi connectivity index (χ3n) is 5.25. The summed E-state index contributed by atoms with van der Waals surface area (Å²) in [6.07, 6.45) is 2.87. The predicted molar refractivity (Wildman–Crippen MR) is 134 cm³/mol. The van der Waals surface area contributed by atoms with Crippen molar-refractivity contribution >= 4 is 40.2 Å². The molecule has 36 heavy (non-hydrogen) atoms. The van der Waals surface area contributed by atoms with Crippen LogP contribution in [0.2, 0.25) is 0 Å². The summed E-state index contributed by atoms with van der Waals surface area (Å²) in [5.41, 5.74) is 1.48. The van der Waals surface area contributed by atoms with Crippen molar-refractivity contribution < 1.29 is 32.6 Å². The van der Waals surface area contributed by atoms with Gasteiger partial charge in [0.05, 0.1) is 21.3 Å². The summed E-state index contributed by atoms with van der Waals surface area (Å²) < 4.78 is 35.2. The smallest absolute Gasteiger partial charge is 0.293 e. The summed E-state index contributed by atoms with van der Waals surface area (Å²) >= 11 is 0. The third-order valence-corrected chi connectivity index (χ3v) is 5.25. The number of hydrogen-bond donors (Lipinski definition) is 2. The molecule has 4 rings (SSSR count). The number of benzene rings is 3. The van der Waals surface area contributed by atoms with Crippen LogP contribution in [0.15, 0.2) is 71.2 Å². The largest absolute Gasteiger partial charge is 0.493 e. The van der Waals surface area contributed by atoms with Gasteiger partial charge in [0.1, 0.15) is 17.1 Å². The third kappa shape index (κ3) is 5.15. The van der Waals surface area contributed by atoms with Gasteiger partial charge in [-0.15, -0.1) is 0 Å². The van der Waals surface area contributed by atoms with E-state index in [1.807, 2.05) is 0 Å². The summed E-state index contributed by atoms with van der Waals surface area (Å²) in [5.74, 6) is -0.447. The molecule has 9 heteroatoms. The van der Waals surface area contributed by atoms with Gasteiger partial charge in [-0.05, 0) is 54.1 Å². The van der Waals surface area contributed by atoms with Gasteiger partial charge in [0.2, 0.25) is 17.4 Å². The fourth-order valence-electron chi connectivity index (χ4n) is 3.62. The van der Waals surface area contributed by atoms with Crippen LogP contribution in [0.1, 0.15) is 16.1 Å². The van der Waals surface area contributed by atoms with Gasteiger partial charge in [-0.2, -0.15) is 0 Å². The average Bonchev–Trinajstić information content (AvgIpc) is 3.25. The van der Waals surface area contributed by atoms with Gasteiger partial charge in [-0.25, -0.2) is 4.39 Å². The Labute approximate surface area is 206 Å². The van der Waals surface area contributed by atoms with Crippen molar-refractivity contribution in [1.29, 1.82) is 0 Å². The number of para-hydroxylation sites is 1. The second-order valence-corrected chi connectivity index (χ2v) is 7.55. The number of amides is 2. The number of furan rings is 1. The number of nitrogens with one attached hydrogen (secondary N) is 2. The van der Waals surface area contributed by atoms with E-state index in [0.29, 0.717) is 33.8 Å². The highest BCUT2D eigenvalue weighted by Gasteiger charge is 2.22. The van der Waals surface area contributed by atoms with Crippen LogP contribution >= 0.6 is 0 Å². The molecule has 0 fully saturated rings. The lowest BCUT2D eigenvalue weighted by Gasteiger charge is -2.12. The number of carbonyl (C=O) groups excluding carboxylic acids is 2. The summed E-state index contributed by atoms with van der Waals surface area (Å²) in [6.45, 7) is 0. The summed E-state index contributed by atoms with van der Waals surface area (Å²) in [6, 6.07) is 15.7. The van der Waals surface area contributed by atoms with Crippen molar-refractivity contribution in [3.05, 3.63) is 83.9 Å². The number of fused-ring (bicyclic) bond motifs is 1. The van der Waals surface area contributed by atoms with Crippen LogP contribution in [0.3, 0.4) is 0 Å². The van der Waals surface area contributed by atoms with E-state index in [1.54, 1.807) is 48.5 Å². The van der Waals surface area contributed by atoms with Crippen LogP contribution in [0.5, 0.6) is 17.2 Å². The molecule has 2 N–H and O–H groups in total. The van der Waals surface area contributed by atoms with Crippen LogP contribution in [0, 0.1) is 5.82 Å². The van der Waals surface area contributed by atoms with Crippen molar-refractivity contribution in [2.45, 2.75) is 0 Å². The molecule has 8 nitrogen and oxygen atoms in total. The fraction of sp³-hybridized carbons (Fsp3) is 0.111. The number of carbonyl (C=O) groups is 2. The molecular weight excluding hydrogens is 467 g/mol. The Morgan fingerprint density at radius 3 is 2.28 bits per heavy atom. The Kier molecular flexibility index (Phi) is 7.20. The van der Waals surface area contributed by atoms with E-state index in [-0.39, 0.29) is 17.1 Å². The van der Waals surface area contributed by atoms with Crippen molar-refractivity contribution in [2.24, 2.45) is 0 Å². The first kappa shape index (κ1) is 24.3. The summed E-state index contributed by atoms with van der Waals surface area (Å²) in [7, 11) is 4.50. The van der Waals surface area contributed by atoms with Gasteiger partial charge >= 0.3 is 0 Å². The van der Waals surface area contributed by atoms with Gasteiger partial charge in [-0.1, -0.05) is 18.2 Å². The minimum Gasteiger partial charge on any atom is -0.493 e. The predicted octanol–water partition coefficient (Wildman–Crippen LogP) is 5.50. The zero-order valence-electron chi connectivity index (χ0n) is 19.8. The molecule has 4 aromatic rings. The Bertz CT molecular complexity index is 1430. The zero-order chi connectivity index (χ0) is 25.7. The van der Waals surface area contributed by atoms with Crippen LogP contribution in [-0.2, 0) is 4.79 Å². The molecule has 0 aliphatic carbocycles. The highest BCUT2D eigenvalue weighted by Crippen LogP contribution is 2.38. The molecule has 0 bridgehead atoms. The first-order valence-electron chi connectivity index (χ1n) is 10.8. The van der Waals surface area contributed by atoms with E-state index in [4.69, 9.17) is 18.6 Å². The zero-order valence-corrected chi connectivity index (χ0v) is 19.8. The molecular formula is C27H23FN2O6. The quantitative estimate of drug-likeness (QED) is 0.317. The highest BCUT2D eigenvalue weighted by atomic mass is 19.1. The number of rotatable bonds is 8. The van der Waals surface area contributed by atoms with Crippen LogP contribution in [0.4, 0.5) is 15.8 Å². The van der Waals surface area contributed by atoms with Gasteiger partial charge in [0, 0.05) is 17.1 Å². The van der Waals surface area contributed by atoms with Crippen molar-refractivity contribution in [1.82, 2.24) is 0 Å². The van der Waals surface area contributed by atoms with E-state index in [1.165, 1.54) is 45.6 Å². The highest BCUT2D eigenvalue weighted by molar-refractivity contribution is 6.16. The van der Waals surface area contributed by atoms with E-state index in [0.717, 1.165) is 0 Å². The first-order chi connectivity index (χ1) is 17.4. The molecule has 1 aromatic heterocycles. The molecule has 3 aromatic carbocycles. The second-order valence-electron chi connectivity index (χ2n) is 7.55. The first-order valence-corrected chi connectivity index (χ1v) is 10.8. The lowest BCUT2D eigenvalue weighted by atomic mass is 10.1. The summed E-state index contributed by atoms with van der Waals surface area (Å²) in [4.78, 5) is 25.8. The van der Waals surface area contributed by atoms with Crippen molar-refractivity contribution in [3.63, 3.8) is 0 Å². The molecule has 0 saturated carbocycles. The molecule has 0 aliphatic heterocycles. The normalized spacial score (nSPS) is 10.9. The Morgan fingerprint density at radius 1 is 0.889 bits per heavy atom. The second kappa shape index (κ2) is 10.6. The van der Waals surface area contributed by atoms with Crippen LogP contribution < -0.4 is 24.8 Å². The standard InChI is InChI=1S/C27H23FN2O6/c1-33-21-13-16(14-22(34-2)25(21)35-3)11-12-23(31)30-24-19-9-4-5-10-20(19)36-26(24)27(32)29-18-8-6-7-17(28)15-18/h4-15H,1-3H3,(H,29,32)(H,30,31)/b12-11-. The van der Waals surface area contributed by atoms with Crippen molar-refractivity contribution in [2.75, 3.05) is 32.0 Å². The van der Waals surface area contributed by atoms with Gasteiger partial charge in [-0.3, -0.25) is 9.59 Å². The SMILES string of the molecule is COc1cc(/C=C\C(=O)Nc2c(C(=O)Nc3cccc(F)c3)oc3ccccc23)cc(OC)c1OC. The molecule has 0 aliphatic rings. The minimum absolute atomic E-state index is 0.116. The molecule has 2 amide bonds. The number of hydrogen-bond acceptors (Lipinski definition) is 6. The lowest BCUT2D eigenvalue weighted by Crippen LogP contribution is -2.15. The molecule has 184 valence electrons. The molecule has 0 saturated heterocycles. The Hall–Kier alpha value is -4.79. The van der Waals surface area contributed by atoms with E-state index in [9.17, 15) is 14.0 Å². The Morgan fingerprint density at radius 2 is 1.61 bits per heavy atom. The molecule has 0 atom stereocenters. The molecule has 0 radical (unpaired) electrons. The lowest BCUT2D eigenvalue weighted by molar-refractivity contribution is -0.111. The van der Waals surface area contributed by atoms with Gasteiger partial charge < -0.3 is 29.3 Å². The van der Waals surface area contributed by atoms with Crippen molar-refractivity contribution in [3.8, 4) is 17.2 Å². The van der Waals surface area contributed by atoms with Gasteiger partial charge in [0.25, 0.3) is 5.91 Å². The maximum Gasteiger partial charge on any atom is 0.293 e. The minimum atomic E-state index is -0.638. The Balaban J connectivity index is 1.61. The number of anilines is 2. The van der Waals surface area contributed by atoms with Crippen LogP contribution in [0.25, 0.3) is 17.0 Å². The maximum absolute atomic E-state index is 13.5. The average molecular weight is 490 g/mol. The number of methoxy groups -OCH3 is 3. The van der Waals surface area contributed by atoms with Gasteiger partial charge in [0.15, 0.2) is 11.5 Å². The molecule has 0 spiro atoms. The number of ether oxygens (including phenoxy) is 3. The van der Waals surface area contributed by atoms with E-state index in [2.05, 4.69) is 10.6 Å². The van der Waals surface area contributed by atoms with E-state index >= 15 is 0 Å². The number of halogens is 1. The monoisotopic (exact) mass is 490 g/mol. The maximum atomic E-state index is 13.5. The fourth-order valence-corrected chi connectivity index (χ4v) is 3.62. The van der Waals surface area contributed by atoms with E-state index < -0.39 is 17.6 Å².